The lowest BCUT2D eigenvalue weighted by molar-refractivity contribution is 0.591. The Balaban J connectivity index is 1.89. The fourth-order valence-electron chi connectivity index (χ4n) is 3.04. The van der Waals surface area contributed by atoms with E-state index in [9.17, 15) is 5.26 Å². The fraction of sp³-hybridized carbons (Fsp3) is 0.250. The molecular weight excluding hydrogens is 328 g/mol. The number of nitrogens with zero attached hydrogens (tertiary/aromatic N) is 4. The molecule has 25 heavy (non-hydrogen) atoms. The quantitative estimate of drug-likeness (QED) is 0.764. The van der Waals surface area contributed by atoms with Gasteiger partial charge in [0.1, 0.15) is 16.7 Å². The third kappa shape index (κ3) is 3.31. The first kappa shape index (κ1) is 17.2. The highest BCUT2D eigenvalue weighted by atomic mass is 32.2. The Morgan fingerprint density at radius 1 is 1.32 bits per heavy atom. The molecule has 0 aliphatic carbocycles. The number of hydrogen-bond donors (Lipinski definition) is 0. The Morgan fingerprint density at radius 2 is 2.12 bits per heavy atom. The maximum Gasteiger partial charge on any atom is 0.116 e. The van der Waals surface area contributed by atoms with Crippen molar-refractivity contribution < 1.29 is 0 Å². The van der Waals surface area contributed by atoms with Crippen LogP contribution in [0.15, 0.2) is 40.9 Å². The maximum atomic E-state index is 9.51. The molecule has 0 unspecified atom stereocenters. The first-order chi connectivity index (χ1) is 12.0. The van der Waals surface area contributed by atoms with Crippen LogP contribution in [0.25, 0.3) is 5.70 Å². The maximum absolute atomic E-state index is 9.51. The highest BCUT2D eigenvalue weighted by molar-refractivity contribution is 7.98. The summed E-state index contributed by atoms with van der Waals surface area (Å²) in [5, 5.41) is 10.2. The van der Waals surface area contributed by atoms with Crippen molar-refractivity contribution in [1.29, 1.82) is 5.26 Å². The lowest BCUT2D eigenvalue weighted by Crippen LogP contribution is -2.26. The van der Waals surface area contributed by atoms with E-state index < -0.39 is 0 Å². The molecule has 0 N–H and O–H groups in total. The van der Waals surface area contributed by atoms with E-state index in [0.717, 1.165) is 34.9 Å². The largest absolute Gasteiger partial charge is 0.332 e. The van der Waals surface area contributed by atoms with E-state index >= 15 is 0 Å². The smallest absolute Gasteiger partial charge is 0.116 e. The van der Waals surface area contributed by atoms with Gasteiger partial charge in [0.05, 0.1) is 17.7 Å². The number of benzene rings is 1. The van der Waals surface area contributed by atoms with Crippen LogP contribution in [0.2, 0.25) is 0 Å². The van der Waals surface area contributed by atoms with Gasteiger partial charge in [-0.05, 0) is 32.1 Å². The third-order valence-corrected chi connectivity index (χ3v) is 4.99. The SMILES string of the molecule is C=C1c2c(C)nc(SC)c(C#N)c2N=CN1CCc1cccc(C)c1. The molecule has 3 rings (SSSR count). The summed E-state index contributed by atoms with van der Waals surface area (Å²) in [7, 11) is 0. The number of fused-ring (bicyclic) bond motifs is 1. The topological polar surface area (TPSA) is 52.3 Å². The molecule has 1 aliphatic rings. The van der Waals surface area contributed by atoms with Crippen LogP contribution in [-0.2, 0) is 6.42 Å². The molecule has 2 aromatic rings. The number of nitriles is 1. The second kappa shape index (κ2) is 7.12. The molecule has 0 spiro atoms. The van der Waals surface area contributed by atoms with E-state index in [1.165, 1.54) is 22.9 Å². The van der Waals surface area contributed by atoms with Crippen molar-refractivity contribution in [2.24, 2.45) is 4.99 Å². The molecule has 2 heterocycles. The van der Waals surface area contributed by atoms with Gasteiger partial charge in [-0.2, -0.15) is 5.26 Å². The minimum absolute atomic E-state index is 0.531. The van der Waals surface area contributed by atoms with Crippen LogP contribution in [0.5, 0.6) is 0 Å². The van der Waals surface area contributed by atoms with Crippen molar-refractivity contribution in [3.8, 4) is 6.07 Å². The van der Waals surface area contributed by atoms with E-state index in [0.29, 0.717) is 11.3 Å². The Bertz CT molecular complexity index is 909. The second-order valence-corrected chi connectivity index (χ2v) is 6.84. The zero-order chi connectivity index (χ0) is 18.0. The molecule has 1 aliphatic heterocycles. The van der Waals surface area contributed by atoms with Crippen LogP contribution in [0.3, 0.4) is 0 Å². The van der Waals surface area contributed by atoms with Crippen LogP contribution >= 0.6 is 11.8 Å². The fourth-order valence-corrected chi connectivity index (χ4v) is 3.61. The molecule has 0 saturated heterocycles. The number of aromatic nitrogens is 1. The van der Waals surface area contributed by atoms with Gasteiger partial charge >= 0.3 is 0 Å². The van der Waals surface area contributed by atoms with E-state index in [2.05, 4.69) is 53.8 Å². The molecule has 5 heteroatoms. The number of rotatable bonds is 4. The molecule has 0 amide bonds. The van der Waals surface area contributed by atoms with Crippen LogP contribution < -0.4 is 0 Å². The summed E-state index contributed by atoms with van der Waals surface area (Å²) >= 11 is 1.47. The Kier molecular flexibility index (Phi) is 4.91. The second-order valence-electron chi connectivity index (χ2n) is 6.04. The third-order valence-electron chi connectivity index (χ3n) is 4.31. The minimum atomic E-state index is 0.531. The van der Waals surface area contributed by atoms with Gasteiger partial charge in [-0.15, -0.1) is 11.8 Å². The monoisotopic (exact) mass is 348 g/mol. The van der Waals surface area contributed by atoms with E-state index in [1.54, 1.807) is 6.34 Å². The van der Waals surface area contributed by atoms with E-state index in [-0.39, 0.29) is 0 Å². The first-order valence-corrected chi connectivity index (χ1v) is 9.32. The minimum Gasteiger partial charge on any atom is -0.332 e. The number of aliphatic imine (C=N–C) groups is 1. The lowest BCUT2D eigenvalue weighted by Gasteiger charge is -2.28. The number of aryl methyl sites for hydroxylation is 2. The number of pyridine rings is 1. The van der Waals surface area contributed by atoms with Gasteiger partial charge in [0.25, 0.3) is 0 Å². The average molecular weight is 348 g/mol. The zero-order valence-corrected chi connectivity index (χ0v) is 15.5. The van der Waals surface area contributed by atoms with Gasteiger partial charge < -0.3 is 4.90 Å². The van der Waals surface area contributed by atoms with Gasteiger partial charge in [0, 0.05) is 17.8 Å². The first-order valence-electron chi connectivity index (χ1n) is 8.09. The summed E-state index contributed by atoms with van der Waals surface area (Å²) < 4.78 is 0. The Hall–Kier alpha value is -2.58. The van der Waals surface area contributed by atoms with Gasteiger partial charge in [-0.25, -0.2) is 9.98 Å². The number of hydrogen-bond acceptors (Lipinski definition) is 5. The van der Waals surface area contributed by atoms with Crippen LogP contribution in [0.1, 0.15) is 27.9 Å². The van der Waals surface area contributed by atoms with Crippen molar-refractivity contribution in [2.45, 2.75) is 25.3 Å². The molecular formula is C20H20N4S. The molecule has 1 aromatic heterocycles. The molecule has 1 aromatic carbocycles. The summed E-state index contributed by atoms with van der Waals surface area (Å²) in [6, 6.07) is 10.8. The van der Waals surface area contributed by atoms with Gasteiger partial charge in [0.15, 0.2) is 0 Å². The summed E-state index contributed by atoms with van der Waals surface area (Å²) in [6.07, 6.45) is 4.61. The molecule has 0 bridgehead atoms. The molecule has 0 fully saturated rings. The predicted octanol–water partition coefficient (Wildman–Crippen LogP) is 4.48. The lowest BCUT2D eigenvalue weighted by atomic mass is 10.0. The highest BCUT2D eigenvalue weighted by Crippen LogP contribution is 2.39. The summed E-state index contributed by atoms with van der Waals surface area (Å²) in [5.41, 5.74) is 6.36. The standard InChI is InChI=1S/C20H20N4S/c1-13-6-5-7-16(10-13)8-9-24-12-22-19-17(11-21)20(25-4)23-14(2)18(19)15(24)3/h5-7,10,12H,3,8-9H2,1-2,4H3. The van der Waals surface area contributed by atoms with Crippen molar-refractivity contribution in [2.75, 3.05) is 12.8 Å². The van der Waals surface area contributed by atoms with E-state index in [1.807, 2.05) is 18.1 Å². The predicted molar refractivity (Wildman–Crippen MR) is 104 cm³/mol. The normalized spacial score (nSPS) is 12.9. The summed E-state index contributed by atoms with van der Waals surface area (Å²) in [4.78, 5) is 11.2. The Labute approximate surface area is 152 Å². The Morgan fingerprint density at radius 3 is 2.80 bits per heavy atom. The summed E-state index contributed by atoms with van der Waals surface area (Å²) in [6.45, 7) is 9.07. The average Bonchev–Trinajstić information content (AvgIpc) is 2.60. The van der Waals surface area contributed by atoms with Gasteiger partial charge in [-0.3, -0.25) is 0 Å². The van der Waals surface area contributed by atoms with Crippen LogP contribution in [0.4, 0.5) is 5.69 Å². The highest BCUT2D eigenvalue weighted by Gasteiger charge is 2.24. The van der Waals surface area contributed by atoms with Crippen LogP contribution in [0, 0.1) is 25.2 Å². The van der Waals surface area contributed by atoms with E-state index in [4.69, 9.17) is 0 Å². The van der Waals surface area contributed by atoms with Crippen molar-refractivity contribution >= 4 is 29.5 Å². The van der Waals surface area contributed by atoms with Gasteiger partial charge in [0.2, 0.25) is 0 Å². The summed E-state index contributed by atoms with van der Waals surface area (Å²) in [5.74, 6) is 0. The molecule has 4 nitrogen and oxygen atoms in total. The molecule has 0 atom stereocenters. The molecule has 0 radical (unpaired) electrons. The van der Waals surface area contributed by atoms with Gasteiger partial charge in [-0.1, -0.05) is 36.4 Å². The van der Waals surface area contributed by atoms with Crippen molar-refractivity contribution in [1.82, 2.24) is 9.88 Å². The van der Waals surface area contributed by atoms with Crippen LogP contribution in [-0.4, -0.2) is 29.0 Å². The molecule has 0 saturated carbocycles. The number of thioether (sulfide) groups is 1. The molecule has 126 valence electrons. The van der Waals surface area contributed by atoms with Crippen molar-refractivity contribution in [3.63, 3.8) is 0 Å². The van der Waals surface area contributed by atoms with Crippen molar-refractivity contribution in [3.05, 3.63) is 58.8 Å². The zero-order valence-electron chi connectivity index (χ0n) is 14.7.